The molecule has 2 unspecified atom stereocenters. The SMILES string of the molecule is C=CCCCCCCCCCCCCCCCC(=O)OC[C@@H](CO[C@H]1O[C@@H](CO)[C@@H](O)C(O)C1O)OC(=O)CCCC/C=C/C/C=C/C/C=C/C/C=C/CC. The number of hydrogen-bond acceptors (Lipinski definition) is 10. The first kappa shape index (κ1) is 50.4. The molecule has 0 aromatic rings. The van der Waals surface area contributed by atoms with E-state index in [4.69, 9.17) is 18.9 Å². The molecule has 1 aliphatic heterocycles. The van der Waals surface area contributed by atoms with Gasteiger partial charge < -0.3 is 39.4 Å². The van der Waals surface area contributed by atoms with E-state index in [0.717, 1.165) is 70.6 Å². The fourth-order valence-electron chi connectivity index (χ4n) is 6.16. The Balaban J connectivity index is 2.38. The van der Waals surface area contributed by atoms with Gasteiger partial charge in [-0.15, -0.1) is 6.58 Å². The van der Waals surface area contributed by atoms with Crippen LogP contribution in [-0.2, 0) is 28.5 Å². The minimum Gasteiger partial charge on any atom is -0.462 e. The largest absolute Gasteiger partial charge is 0.462 e. The summed E-state index contributed by atoms with van der Waals surface area (Å²) in [5, 5.41) is 40.0. The van der Waals surface area contributed by atoms with Gasteiger partial charge >= 0.3 is 11.9 Å². The molecule has 1 heterocycles. The van der Waals surface area contributed by atoms with Crippen LogP contribution in [0.15, 0.2) is 61.3 Å². The van der Waals surface area contributed by atoms with Gasteiger partial charge in [-0.2, -0.15) is 0 Å². The maximum atomic E-state index is 12.7. The van der Waals surface area contributed by atoms with E-state index in [2.05, 4.69) is 62.1 Å². The van der Waals surface area contributed by atoms with E-state index in [1.807, 2.05) is 6.08 Å². The Morgan fingerprint density at radius 2 is 1.11 bits per heavy atom. The summed E-state index contributed by atoms with van der Waals surface area (Å²) in [5.74, 6) is -0.862. The van der Waals surface area contributed by atoms with Crippen molar-refractivity contribution >= 4 is 11.9 Å². The van der Waals surface area contributed by atoms with Crippen molar-refractivity contribution in [3.05, 3.63) is 61.3 Å². The van der Waals surface area contributed by atoms with E-state index in [-0.39, 0.29) is 26.1 Å². The zero-order valence-electron chi connectivity index (χ0n) is 34.0. The first-order valence-electron chi connectivity index (χ1n) is 21.3. The maximum Gasteiger partial charge on any atom is 0.306 e. The molecule has 6 atom stereocenters. The number of aliphatic hydroxyl groups is 4. The van der Waals surface area contributed by atoms with Crippen molar-refractivity contribution in [1.82, 2.24) is 0 Å². The van der Waals surface area contributed by atoms with Crippen LogP contribution in [0.5, 0.6) is 0 Å². The highest BCUT2D eigenvalue weighted by Gasteiger charge is 2.44. The summed E-state index contributed by atoms with van der Waals surface area (Å²) in [5.41, 5.74) is 0. The average molecular weight is 777 g/mol. The molecule has 0 radical (unpaired) electrons. The second-order valence-electron chi connectivity index (χ2n) is 14.5. The molecule has 0 amide bonds. The molecule has 55 heavy (non-hydrogen) atoms. The van der Waals surface area contributed by atoms with Crippen molar-refractivity contribution in [3.8, 4) is 0 Å². The highest BCUT2D eigenvalue weighted by atomic mass is 16.7. The molecule has 0 bridgehead atoms. The summed E-state index contributed by atoms with van der Waals surface area (Å²) in [6.45, 7) is 4.77. The minimum atomic E-state index is -1.60. The third-order valence-electron chi connectivity index (χ3n) is 9.53. The zero-order valence-corrected chi connectivity index (χ0v) is 34.0. The van der Waals surface area contributed by atoms with Crippen molar-refractivity contribution in [1.29, 1.82) is 0 Å². The Hall–Kier alpha value is -2.60. The molecule has 1 aliphatic rings. The fourth-order valence-corrected chi connectivity index (χ4v) is 6.16. The maximum absolute atomic E-state index is 12.7. The highest BCUT2D eigenvalue weighted by Crippen LogP contribution is 2.22. The molecule has 10 nitrogen and oxygen atoms in total. The lowest BCUT2D eigenvalue weighted by atomic mass is 9.99. The Morgan fingerprint density at radius 3 is 1.67 bits per heavy atom. The van der Waals surface area contributed by atoms with E-state index in [0.29, 0.717) is 6.42 Å². The summed E-state index contributed by atoms with van der Waals surface area (Å²) >= 11 is 0. The average Bonchev–Trinajstić information content (AvgIpc) is 3.18. The van der Waals surface area contributed by atoms with Crippen molar-refractivity contribution < 1.29 is 49.0 Å². The number of allylic oxidation sites excluding steroid dienone is 9. The van der Waals surface area contributed by atoms with Crippen LogP contribution in [0.4, 0.5) is 0 Å². The van der Waals surface area contributed by atoms with Crippen LogP contribution < -0.4 is 0 Å². The predicted octanol–water partition coefficient (Wildman–Crippen LogP) is 8.66. The molecular formula is C45H76O10. The van der Waals surface area contributed by atoms with Gasteiger partial charge in [-0.05, 0) is 64.2 Å². The number of unbranched alkanes of at least 4 members (excludes halogenated alkanes) is 15. The Kier molecular flexibility index (Phi) is 32.8. The van der Waals surface area contributed by atoms with Gasteiger partial charge in [0, 0.05) is 12.8 Å². The molecule has 0 saturated carbocycles. The van der Waals surface area contributed by atoms with Crippen molar-refractivity contribution in [2.75, 3.05) is 19.8 Å². The van der Waals surface area contributed by atoms with Crippen LogP contribution in [0.25, 0.3) is 0 Å². The first-order valence-corrected chi connectivity index (χ1v) is 21.3. The zero-order chi connectivity index (χ0) is 40.2. The van der Waals surface area contributed by atoms with Gasteiger partial charge in [0.1, 0.15) is 31.0 Å². The highest BCUT2D eigenvalue weighted by molar-refractivity contribution is 5.70. The summed E-state index contributed by atoms with van der Waals surface area (Å²) in [7, 11) is 0. The molecule has 1 fully saturated rings. The number of rotatable bonds is 35. The molecule has 1 saturated heterocycles. The van der Waals surface area contributed by atoms with Crippen molar-refractivity contribution in [3.63, 3.8) is 0 Å². The fraction of sp³-hybridized carbons (Fsp3) is 0.733. The molecule has 1 rings (SSSR count). The lowest BCUT2D eigenvalue weighted by molar-refractivity contribution is -0.305. The van der Waals surface area contributed by atoms with Gasteiger partial charge in [-0.1, -0.05) is 132 Å². The topological polar surface area (TPSA) is 152 Å². The van der Waals surface area contributed by atoms with Gasteiger partial charge in [0.2, 0.25) is 0 Å². The van der Waals surface area contributed by atoms with E-state index in [9.17, 15) is 30.0 Å². The number of aliphatic hydroxyl groups excluding tert-OH is 4. The second kappa shape index (κ2) is 35.8. The summed E-state index contributed by atoms with van der Waals surface area (Å²) < 4.78 is 22.1. The first-order chi connectivity index (χ1) is 26.8. The molecule has 10 heteroatoms. The molecule has 0 aliphatic carbocycles. The van der Waals surface area contributed by atoms with Crippen LogP contribution in [0.3, 0.4) is 0 Å². The third-order valence-corrected chi connectivity index (χ3v) is 9.53. The second-order valence-corrected chi connectivity index (χ2v) is 14.5. The van der Waals surface area contributed by atoms with Crippen LogP contribution in [0.2, 0.25) is 0 Å². The summed E-state index contributed by atoms with van der Waals surface area (Å²) in [6.07, 6.45) is 34.1. The number of hydrogen-bond donors (Lipinski definition) is 4. The molecule has 0 aromatic carbocycles. The van der Waals surface area contributed by atoms with Crippen LogP contribution in [0.1, 0.15) is 155 Å². The normalized spacial score (nSPS) is 20.9. The van der Waals surface area contributed by atoms with E-state index in [1.54, 1.807) is 0 Å². The third kappa shape index (κ3) is 27.6. The number of carbonyl (C=O) groups excluding carboxylic acids is 2. The van der Waals surface area contributed by atoms with Gasteiger partial charge in [-0.3, -0.25) is 9.59 Å². The van der Waals surface area contributed by atoms with Gasteiger partial charge in [0.05, 0.1) is 13.2 Å². The van der Waals surface area contributed by atoms with Crippen molar-refractivity contribution in [2.45, 2.75) is 191 Å². The molecular weight excluding hydrogens is 700 g/mol. The van der Waals surface area contributed by atoms with Crippen LogP contribution in [-0.4, -0.2) is 89.0 Å². The van der Waals surface area contributed by atoms with Crippen LogP contribution >= 0.6 is 0 Å². The van der Waals surface area contributed by atoms with Gasteiger partial charge in [0.15, 0.2) is 12.4 Å². The Bertz CT molecular complexity index is 1070. The minimum absolute atomic E-state index is 0.175. The van der Waals surface area contributed by atoms with Gasteiger partial charge in [-0.25, -0.2) is 0 Å². The van der Waals surface area contributed by atoms with E-state index in [1.165, 1.54) is 57.8 Å². The van der Waals surface area contributed by atoms with Crippen LogP contribution in [0, 0.1) is 0 Å². The van der Waals surface area contributed by atoms with E-state index >= 15 is 0 Å². The molecule has 0 spiro atoms. The Labute approximate surface area is 332 Å². The predicted molar refractivity (Wildman–Crippen MR) is 219 cm³/mol. The lowest BCUT2D eigenvalue weighted by Crippen LogP contribution is -2.59. The van der Waals surface area contributed by atoms with Crippen molar-refractivity contribution in [2.24, 2.45) is 0 Å². The standard InChI is InChI=1S/C45H76O10/c1-3-5-7-9-11-13-15-17-19-21-23-25-27-29-31-33-40(47)52-36-38(37-53-45-44(51)43(50)42(49)39(35-46)55-45)54-41(48)34-32-30-28-26-24-22-20-18-16-14-12-10-8-6-4-2/h3,6,8,12,14,18,20,24,26,38-39,42-46,49-51H,1,4-5,7,9-11,13,15-17,19,21-23,25,27-37H2,2H3/b8-6+,14-12+,20-18+,26-24+/t38-,39-,42+,43?,44?,45-/m0/s1. The summed E-state index contributed by atoms with van der Waals surface area (Å²) in [6, 6.07) is 0. The van der Waals surface area contributed by atoms with E-state index < -0.39 is 55.4 Å². The lowest BCUT2D eigenvalue weighted by Gasteiger charge is -2.39. The monoisotopic (exact) mass is 777 g/mol. The molecule has 4 N–H and O–H groups in total. The molecule has 0 aromatic heterocycles. The smallest absolute Gasteiger partial charge is 0.306 e. The number of ether oxygens (including phenoxy) is 4. The quantitative estimate of drug-likeness (QED) is 0.0280. The Morgan fingerprint density at radius 1 is 0.618 bits per heavy atom. The number of esters is 2. The molecule has 316 valence electrons. The summed E-state index contributed by atoms with van der Waals surface area (Å²) in [4.78, 5) is 25.3. The van der Waals surface area contributed by atoms with Gasteiger partial charge in [0.25, 0.3) is 0 Å². The number of carbonyl (C=O) groups is 2.